The molecule has 0 aliphatic rings. The van der Waals surface area contributed by atoms with Gasteiger partial charge in [0.15, 0.2) is 0 Å². The van der Waals surface area contributed by atoms with E-state index in [1.54, 1.807) is 0 Å². The van der Waals surface area contributed by atoms with Crippen molar-refractivity contribution < 1.29 is 0 Å². The highest BCUT2D eigenvalue weighted by atomic mass is 15.1. The molecule has 0 fully saturated rings. The third-order valence-corrected chi connectivity index (χ3v) is 2.46. The van der Waals surface area contributed by atoms with E-state index in [0.29, 0.717) is 0 Å². The molecule has 16 heavy (non-hydrogen) atoms. The standard InChI is InChI=1S/C13H17N3/c1-15(2)11-13-14-8-9-16(13)10-12-6-4-3-5-7-12/h3-9H,10-11H2,1-2H3. The predicted octanol–water partition coefficient (Wildman–Crippen LogP) is 1.99. The maximum absolute atomic E-state index is 4.37. The minimum Gasteiger partial charge on any atom is -0.329 e. The van der Waals surface area contributed by atoms with E-state index in [1.807, 2.05) is 18.5 Å². The molecular weight excluding hydrogens is 198 g/mol. The highest BCUT2D eigenvalue weighted by Crippen LogP contribution is 2.06. The Bertz CT molecular complexity index is 431. The highest BCUT2D eigenvalue weighted by Gasteiger charge is 2.03. The number of imidazole rings is 1. The van der Waals surface area contributed by atoms with Gasteiger partial charge < -0.3 is 9.47 Å². The first-order chi connectivity index (χ1) is 7.75. The van der Waals surface area contributed by atoms with E-state index in [2.05, 4.69) is 52.8 Å². The van der Waals surface area contributed by atoms with Gasteiger partial charge in [0.25, 0.3) is 0 Å². The molecule has 2 rings (SSSR count). The summed E-state index contributed by atoms with van der Waals surface area (Å²) >= 11 is 0. The van der Waals surface area contributed by atoms with Gasteiger partial charge in [-0.1, -0.05) is 30.3 Å². The molecule has 0 aliphatic heterocycles. The summed E-state index contributed by atoms with van der Waals surface area (Å²) in [5, 5.41) is 0. The van der Waals surface area contributed by atoms with Gasteiger partial charge in [0, 0.05) is 18.9 Å². The Morgan fingerprint density at radius 2 is 1.94 bits per heavy atom. The summed E-state index contributed by atoms with van der Waals surface area (Å²) in [6.07, 6.45) is 3.90. The fourth-order valence-electron chi connectivity index (χ4n) is 1.70. The molecule has 0 aliphatic carbocycles. The number of nitrogens with zero attached hydrogens (tertiary/aromatic N) is 3. The molecule has 0 spiro atoms. The van der Waals surface area contributed by atoms with Crippen molar-refractivity contribution in [2.45, 2.75) is 13.1 Å². The first kappa shape index (κ1) is 10.9. The molecule has 1 heterocycles. The first-order valence-corrected chi connectivity index (χ1v) is 5.44. The lowest BCUT2D eigenvalue weighted by molar-refractivity contribution is 0.382. The van der Waals surface area contributed by atoms with Crippen LogP contribution in [0.3, 0.4) is 0 Å². The second kappa shape index (κ2) is 4.94. The molecule has 3 nitrogen and oxygen atoms in total. The molecule has 0 atom stereocenters. The molecule has 0 N–H and O–H groups in total. The zero-order valence-electron chi connectivity index (χ0n) is 9.80. The van der Waals surface area contributed by atoms with E-state index in [1.165, 1.54) is 5.56 Å². The van der Waals surface area contributed by atoms with E-state index in [-0.39, 0.29) is 0 Å². The molecule has 0 radical (unpaired) electrons. The van der Waals surface area contributed by atoms with Crippen LogP contribution in [-0.2, 0) is 13.1 Å². The maximum atomic E-state index is 4.37. The van der Waals surface area contributed by atoms with Crippen LogP contribution in [0, 0.1) is 0 Å². The van der Waals surface area contributed by atoms with E-state index in [4.69, 9.17) is 0 Å². The molecule has 0 saturated carbocycles. The highest BCUT2D eigenvalue weighted by molar-refractivity contribution is 5.15. The summed E-state index contributed by atoms with van der Waals surface area (Å²) < 4.78 is 2.19. The van der Waals surface area contributed by atoms with Crippen LogP contribution >= 0.6 is 0 Å². The van der Waals surface area contributed by atoms with Crippen LogP contribution in [0.4, 0.5) is 0 Å². The van der Waals surface area contributed by atoms with Crippen molar-refractivity contribution in [3.8, 4) is 0 Å². The van der Waals surface area contributed by atoms with Gasteiger partial charge in [-0.3, -0.25) is 0 Å². The van der Waals surface area contributed by atoms with Crippen molar-refractivity contribution in [2.75, 3.05) is 14.1 Å². The van der Waals surface area contributed by atoms with Gasteiger partial charge in [-0.25, -0.2) is 4.98 Å². The van der Waals surface area contributed by atoms with Crippen molar-refractivity contribution in [3.05, 3.63) is 54.1 Å². The zero-order chi connectivity index (χ0) is 11.4. The number of hydrogen-bond acceptors (Lipinski definition) is 2. The fraction of sp³-hybridized carbons (Fsp3) is 0.308. The summed E-state index contributed by atoms with van der Waals surface area (Å²) in [6.45, 7) is 1.77. The molecular formula is C13H17N3. The van der Waals surface area contributed by atoms with Crippen LogP contribution in [0.5, 0.6) is 0 Å². The normalized spacial score (nSPS) is 10.9. The van der Waals surface area contributed by atoms with Crippen LogP contribution in [0.1, 0.15) is 11.4 Å². The molecule has 0 unspecified atom stereocenters. The first-order valence-electron chi connectivity index (χ1n) is 5.44. The molecule has 1 aromatic heterocycles. The Kier molecular flexibility index (Phi) is 3.37. The SMILES string of the molecule is CN(C)Cc1nccn1Cc1ccccc1. The van der Waals surface area contributed by atoms with Crippen molar-refractivity contribution >= 4 is 0 Å². The average Bonchev–Trinajstić information content (AvgIpc) is 2.66. The van der Waals surface area contributed by atoms with Gasteiger partial charge >= 0.3 is 0 Å². The Balaban J connectivity index is 2.13. The molecule has 3 heteroatoms. The van der Waals surface area contributed by atoms with Crippen LogP contribution in [-0.4, -0.2) is 28.5 Å². The number of aromatic nitrogens is 2. The van der Waals surface area contributed by atoms with Crippen molar-refractivity contribution in [1.29, 1.82) is 0 Å². The molecule has 0 saturated heterocycles. The maximum Gasteiger partial charge on any atom is 0.123 e. The number of rotatable bonds is 4. The quantitative estimate of drug-likeness (QED) is 0.777. The van der Waals surface area contributed by atoms with Crippen molar-refractivity contribution in [2.24, 2.45) is 0 Å². The molecule has 0 bridgehead atoms. The van der Waals surface area contributed by atoms with E-state index < -0.39 is 0 Å². The van der Waals surface area contributed by atoms with E-state index in [9.17, 15) is 0 Å². The summed E-state index contributed by atoms with van der Waals surface area (Å²) in [5.41, 5.74) is 1.31. The minimum atomic E-state index is 0.875. The lowest BCUT2D eigenvalue weighted by atomic mass is 10.2. The van der Waals surface area contributed by atoms with Crippen LogP contribution in [0.25, 0.3) is 0 Å². The summed E-state index contributed by atoms with van der Waals surface area (Å²) in [4.78, 5) is 6.50. The summed E-state index contributed by atoms with van der Waals surface area (Å²) in [7, 11) is 4.11. The van der Waals surface area contributed by atoms with Crippen LogP contribution in [0.15, 0.2) is 42.7 Å². The number of hydrogen-bond donors (Lipinski definition) is 0. The molecule has 1 aromatic carbocycles. The average molecular weight is 215 g/mol. The molecule has 84 valence electrons. The van der Waals surface area contributed by atoms with E-state index in [0.717, 1.165) is 18.9 Å². The third kappa shape index (κ3) is 2.70. The van der Waals surface area contributed by atoms with E-state index >= 15 is 0 Å². The number of benzene rings is 1. The Labute approximate surface area is 96.3 Å². The lowest BCUT2D eigenvalue weighted by Gasteiger charge is -2.12. The lowest BCUT2D eigenvalue weighted by Crippen LogP contribution is -2.15. The molecule has 0 amide bonds. The van der Waals surface area contributed by atoms with Gasteiger partial charge in [-0.05, 0) is 19.7 Å². The topological polar surface area (TPSA) is 21.1 Å². The van der Waals surface area contributed by atoms with Gasteiger partial charge in [0.05, 0.1) is 6.54 Å². The zero-order valence-corrected chi connectivity index (χ0v) is 9.80. The van der Waals surface area contributed by atoms with Crippen LogP contribution in [0.2, 0.25) is 0 Å². The smallest absolute Gasteiger partial charge is 0.123 e. The van der Waals surface area contributed by atoms with Gasteiger partial charge in [0.2, 0.25) is 0 Å². The molecule has 2 aromatic rings. The summed E-state index contributed by atoms with van der Waals surface area (Å²) in [6, 6.07) is 10.5. The Hall–Kier alpha value is -1.61. The second-order valence-electron chi connectivity index (χ2n) is 4.19. The monoisotopic (exact) mass is 215 g/mol. The minimum absolute atomic E-state index is 0.875. The van der Waals surface area contributed by atoms with Crippen LogP contribution < -0.4 is 0 Å². The largest absolute Gasteiger partial charge is 0.329 e. The third-order valence-electron chi connectivity index (χ3n) is 2.46. The Morgan fingerprint density at radius 1 is 1.19 bits per heavy atom. The second-order valence-corrected chi connectivity index (χ2v) is 4.19. The Morgan fingerprint density at radius 3 is 2.62 bits per heavy atom. The summed E-state index contributed by atoms with van der Waals surface area (Å²) in [5.74, 6) is 1.11. The van der Waals surface area contributed by atoms with Crippen molar-refractivity contribution in [1.82, 2.24) is 14.5 Å². The fourth-order valence-corrected chi connectivity index (χ4v) is 1.70. The van der Waals surface area contributed by atoms with Gasteiger partial charge in [-0.2, -0.15) is 0 Å². The predicted molar refractivity (Wildman–Crippen MR) is 65.2 cm³/mol. The van der Waals surface area contributed by atoms with Gasteiger partial charge in [-0.15, -0.1) is 0 Å². The van der Waals surface area contributed by atoms with Gasteiger partial charge in [0.1, 0.15) is 5.82 Å². The van der Waals surface area contributed by atoms with Crippen molar-refractivity contribution in [3.63, 3.8) is 0 Å².